The molecule has 0 aliphatic carbocycles. The molecule has 0 amide bonds. The number of aryl methyl sites for hydroxylation is 2. The van der Waals surface area contributed by atoms with Crippen LogP contribution in [-0.2, 0) is 10.0 Å². The number of hydrogen-bond acceptors (Lipinski definition) is 6. The molecule has 1 atom stereocenters. The SMILES string of the molecule is Cc1cc(-c2cc(S(=O)(=O)N3CCCC(c4nnc5ccccn45)C3)c(C)s2)n[nH]1. The lowest BCUT2D eigenvalue weighted by Gasteiger charge is -2.31. The predicted molar refractivity (Wildman–Crippen MR) is 115 cm³/mol. The molecular weight excluding hydrogens is 420 g/mol. The number of hydrogen-bond donors (Lipinski definition) is 1. The van der Waals surface area contributed by atoms with Crippen LogP contribution in [0.3, 0.4) is 0 Å². The smallest absolute Gasteiger partial charge is 0.244 e. The Labute approximate surface area is 178 Å². The number of nitrogens with zero attached hydrogens (tertiary/aromatic N) is 5. The summed E-state index contributed by atoms with van der Waals surface area (Å²) in [6, 6.07) is 9.43. The molecule has 10 heteroatoms. The molecule has 8 nitrogen and oxygen atoms in total. The Balaban J connectivity index is 1.45. The van der Waals surface area contributed by atoms with Crippen molar-refractivity contribution >= 4 is 27.0 Å². The van der Waals surface area contributed by atoms with Crippen molar-refractivity contribution < 1.29 is 8.42 Å². The van der Waals surface area contributed by atoms with E-state index in [0.717, 1.165) is 45.5 Å². The van der Waals surface area contributed by atoms with Crippen molar-refractivity contribution in [3.8, 4) is 10.6 Å². The summed E-state index contributed by atoms with van der Waals surface area (Å²) >= 11 is 1.46. The maximum atomic E-state index is 13.5. The zero-order valence-electron chi connectivity index (χ0n) is 16.7. The number of pyridine rings is 1. The topological polar surface area (TPSA) is 96.2 Å². The van der Waals surface area contributed by atoms with Gasteiger partial charge in [0.2, 0.25) is 10.0 Å². The van der Waals surface area contributed by atoms with Crippen molar-refractivity contribution in [1.29, 1.82) is 0 Å². The van der Waals surface area contributed by atoms with Crippen LogP contribution in [0.25, 0.3) is 16.2 Å². The summed E-state index contributed by atoms with van der Waals surface area (Å²) in [7, 11) is -3.60. The molecule has 1 unspecified atom stereocenters. The van der Waals surface area contributed by atoms with Crippen molar-refractivity contribution in [2.45, 2.75) is 37.5 Å². The van der Waals surface area contributed by atoms with Gasteiger partial charge in [0.25, 0.3) is 0 Å². The Bertz CT molecular complexity index is 1320. The van der Waals surface area contributed by atoms with E-state index in [4.69, 9.17) is 0 Å². The van der Waals surface area contributed by atoms with Crippen molar-refractivity contribution in [3.63, 3.8) is 0 Å². The minimum absolute atomic E-state index is 0.0123. The second-order valence-corrected chi connectivity index (χ2v) is 10.8. The number of fused-ring (bicyclic) bond motifs is 1. The standard InChI is InChI=1S/C20H22N6O2S2/c1-13-10-16(22-21-13)17-11-18(14(2)29-17)30(27,28)25-8-5-6-15(12-25)20-24-23-19-7-3-4-9-26(19)20/h3-4,7,9-11,15H,5-6,8,12H2,1-2H3,(H,21,22). The Kier molecular flexibility index (Phi) is 4.72. The van der Waals surface area contributed by atoms with Crippen molar-refractivity contribution in [2.75, 3.05) is 13.1 Å². The van der Waals surface area contributed by atoms with Gasteiger partial charge in [-0.25, -0.2) is 8.42 Å². The molecule has 1 aliphatic heterocycles. The molecule has 1 N–H and O–H groups in total. The second kappa shape index (κ2) is 7.29. The highest BCUT2D eigenvalue weighted by Gasteiger charge is 2.34. The van der Waals surface area contributed by atoms with Crippen LogP contribution >= 0.6 is 11.3 Å². The van der Waals surface area contributed by atoms with Gasteiger partial charge in [-0.15, -0.1) is 21.5 Å². The van der Waals surface area contributed by atoms with Crippen LogP contribution in [-0.4, -0.2) is 50.6 Å². The van der Waals surface area contributed by atoms with E-state index in [0.29, 0.717) is 18.0 Å². The van der Waals surface area contributed by atoms with Gasteiger partial charge < -0.3 is 0 Å². The average Bonchev–Trinajstić information content (AvgIpc) is 3.46. The van der Waals surface area contributed by atoms with Crippen molar-refractivity contribution in [1.82, 2.24) is 29.1 Å². The molecule has 0 aromatic carbocycles. The summed E-state index contributed by atoms with van der Waals surface area (Å²) in [5, 5.41) is 15.8. The van der Waals surface area contributed by atoms with E-state index in [1.54, 1.807) is 10.4 Å². The Morgan fingerprint density at radius 3 is 2.87 bits per heavy atom. The highest BCUT2D eigenvalue weighted by atomic mass is 32.2. The number of aromatic nitrogens is 5. The van der Waals surface area contributed by atoms with E-state index < -0.39 is 10.0 Å². The summed E-state index contributed by atoms with van der Waals surface area (Å²) in [6.07, 6.45) is 3.61. The van der Waals surface area contributed by atoms with Crippen LogP contribution < -0.4 is 0 Å². The molecule has 1 fully saturated rings. The third kappa shape index (κ3) is 3.24. The Morgan fingerprint density at radius 2 is 2.07 bits per heavy atom. The highest BCUT2D eigenvalue weighted by Crippen LogP contribution is 2.36. The second-order valence-electron chi connectivity index (χ2n) is 7.66. The van der Waals surface area contributed by atoms with Gasteiger partial charge in [-0.1, -0.05) is 6.07 Å². The zero-order chi connectivity index (χ0) is 20.9. The van der Waals surface area contributed by atoms with Crippen molar-refractivity contribution in [3.05, 3.63) is 52.9 Å². The molecule has 4 aromatic heterocycles. The van der Waals surface area contributed by atoms with E-state index in [9.17, 15) is 8.42 Å². The quantitative estimate of drug-likeness (QED) is 0.523. The molecule has 0 bridgehead atoms. The van der Waals surface area contributed by atoms with E-state index >= 15 is 0 Å². The van der Waals surface area contributed by atoms with Gasteiger partial charge in [-0.2, -0.15) is 9.40 Å². The van der Waals surface area contributed by atoms with Gasteiger partial charge in [0.1, 0.15) is 11.5 Å². The number of aromatic amines is 1. The number of H-pyrrole nitrogens is 1. The lowest BCUT2D eigenvalue weighted by atomic mass is 9.99. The van der Waals surface area contributed by atoms with E-state index in [1.807, 2.05) is 48.7 Å². The zero-order valence-corrected chi connectivity index (χ0v) is 18.4. The maximum absolute atomic E-state index is 13.5. The molecular formula is C20H22N6O2S2. The summed E-state index contributed by atoms with van der Waals surface area (Å²) in [4.78, 5) is 2.00. The molecule has 156 valence electrons. The fourth-order valence-corrected chi connectivity index (χ4v) is 7.09. The fourth-order valence-electron chi connectivity index (χ4n) is 4.04. The van der Waals surface area contributed by atoms with Gasteiger partial charge in [0.05, 0.1) is 9.77 Å². The monoisotopic (exact) mass is 442 g/mol. The van der Waals surface area contributed by atoms with Gasteiger partial charge in [-0.05, 0) is 51.0 Å². The molecule has 30 heavy (non-hydrogen) atoms. The van der Waals surface area contributed by atoms with Crippen LogP contribution in [0.1, 0.15) is 35.2 Å². The molecule has 0 spiro atoms. The maximum Gasteiger partial charge on any atom is 0.244 e. The molecule has 5 rings (SSSR count). The minimum atomic E-state index is -3.60. The van der Waals surface area contributed by atoms with E-state index in [-0.39, 0.29) is 5.92 Å². The van der Waals surface area contributed by atoms with Crippen LogP contribution in [0.4, 0.5) is 0 Å². The van der Waals surface area contributed by atoms with Gasteiger partial charge in [0, 0.05) is 35.8 Å². The highest BCUT2D eigenvalue weighted by molar-refractivity contribution is 7.89. The average molecular weight is 443 g/mol. The molecule has 1 saturated heterocycles. The Morgan fingerprint density at radius 1 is 1.20 bits per heavy atom. The predicted octanol–water partition coefficient (Wildman–Crippen LogP) is 3.37. The first-order valence-electron chi connectivity index (χ1n) is 9.86. The van der Waals surface area contributed by atoms with Crippen molar-refractivity contribution in [2.24, 2.45) is 0 Å². The molecule has 0 saturated carbocycles. The fraction of sp³-hybridized carbons (Fsp3) is 0.350. The lowest BCUT2D eigenvalue weighted by Crippen LogP contribution is -2.39. The first-order valence-corrected chi connectivity index (χ1v) is 12.1. The van der Waals surface area contributed by atoms with Gasteiger partial charge in [-0.3, -0.25) is 9.50 Å². The first-order chi connectivity index (χ1) is 14.4. The molecule has 5 heterocycles. The number of piperidine rings is 1. The minimum Gasteiger partial charge on any atom is -0.286 e. The summed E-state index contributed by atoms with van der Waals surface area (Å²) in [5.41, 5.74) is 2.49. The van der Waals surface area contributed by atoms with Crippen LogP contribution in [0.2, 0.25) is 0 Å². The van der Waals surface area contributed by atoms with E-state index in [2.05, 4.69) is 20.4 Å². The lowest BCUT2D eigenvalue weighted by molar-refractivity contribution is 0.308. The third-order valence-corrected chi connectivity index (χ3v) is 8.73. The summed E-state index contributed by atoms with van der Waals surface area (Å²) in [5.74, 6) is 0.832. The van der Waals surface area contributed by atoms with E-state index in [1.165, 1.54) is 11.3 Å². The molecule has 4 aromatic rings. The van der Waals surface area contributed by atoms with Crippen LogP contribution in [0.5, 0.6) is 0 Å². The first kappa shape index (κ1) is 19.4. The largest absolute Gasteiger partial charge is 0.286 e. The molecule has 0 radical (unpaired) electrons. The molecule has 1 aliphatic rings. The third-order valence-electron chi connectivity index (χ3n) is 5.54. The van der Waals surface area contributed by atoms with Gasteiger partial charge >= 0.3 is 0 Å². The Hall–Kier alpha value is -2.56. The number of rotatable bonds is 4. The van der Waals surface area contributed by atoms with Crippen LogP contribution in [0.15, 0.2) is 41.4 Å². The van der Waals surface area contributed by atoms with Crippen LogP contribution in [0, 0.1) is 13.8 Å². The summed E-state index contributed by atoms with van der Waals surface area (Å²) in [6.45, 7) is 4.70. The number of thiophene rings is 1. The normalized spacial score (nSPS) is 18.3. The van der Waals surface area contributed by atoms with Gasteiger partial charge in [0.15, 0.2) is 5.65 Å². The number of sulfonamides is 1. The number of nitrogens with one attached hydrogen (secondary N) is 1. The summed E-state index contributed by atoms with van der Waals surface area (Å²) < 4.78 is 30.5.